The lowest BCUT2D eigenvalue weighted by atomic mass is 10.0. The molecule has 188 valence electrons. The van der Waals surface area contributed by atoms with Crippen molar-refractivity contribution in [3.63, 3.8) is 0 Å². The molecule has 0 radical (unpaired) electrons. The molecule has 0 atom stereocenters. The van der Waals surface area contributed by atoms with Crippen molar-refractivity contribution >= 4 is 17.0 Å². The van der Waals surface area contributed by atoms with Gasteiger partial charge in [-0.25, -0.2) is 0 Å². The molecule has 3 nitrogen and oxygen atoms in total. The summed E-state index contributed by atoms with van der Waals surface area (Å²) in [4.78, 5) is 15.5. The Balaban J connectivity index is 1.83. The first-order valence-corrected chi connectivity index (χ1v) is 11.2. The number of nitrogens with zero attached hydrogens (tertiary/aromatic N) is 2. The predicted molar refractivity (Wildman–Crippen MR) is 126 cm³/mol. The first kappa shape index (κ1) is 25.3. The van der Waals surface area contributed by atoms with E-state index in [0.717, 1.165) is 49.2 Å². The zero-order valence-corrected chi connectivity index (χ0v) is 19.4. The second-order valence-corrected chi connectivity index (χ2v) is 8.24. The first-order valence-electron chi connectivity index (χ1n) is 11.2. The monoisotopic (exact) mass is 504 g/mol. The van der Waals surface area contributed by atoms with E-state index >= 15 is 0 Å². The molecule has 0 aliphatic carbocycles. The summed E-state index contributed by atoms with van der Waals surface area (Å²) in [7, 11) is 0. The number of anilines is 1. The Morgan fingerprint density at radius 1 is 0.778 bits per heavy atom. The molecule has 0 fully saturated rings. The molecule has 2 aromatic carbocycles. The van der Waals surface area contributed by atoms with Crippen molar-refractivity contribution in [2.45, 2.75) is 26.2 Å². The summed E-state index contributed by atoms with van der Waals surface area (Å²) in [6.07, 6.45) is -8.03. The molecular formula is C27H22F6N2O. The molecule has 2 heterocycles. The van der Waals surface area contributed by atoms with Gasteiger partial charge in [0.2, 0.25) is 5.78 Å². The number of benzene rings is 2. The van der Waals surface area contributed by atoms with Gasteiger partial charge in [-0.05, 0) is 74.0 Å². The molecule has 2 aromatic heterocycles. The summed E-state index contributed by atoms with van der Waals surface area (Å²) in [6.45, 7) is 5.58. The molecule has 36 heavy (non-hydrogen) atoms. The van der Waals surface area contributed by atoms with Gasteiger partial charge in [0.05, 0.1) is 22.3 Å². The van der Waals surface area contributed by atoms with Crippen LogP contribution in [0.15, 0.2) is 72.9 Å². The van der Waals surface area contributed by atoms with Crippen LogP contribution in [0.4, 0.5) is 32.0 Å². The molecule has 0 spiro atoms. The van der Waals surface area contributed by atoms with Gasteiger partial charge in [0.15, 0.2) is 0 Å². The van der Waals surface area contributed by atoms with Crippen LogP contribution in [0.5, 0.6) is 0 Å². The number of alkyl halides is 6. The fourth-order valence-corrected chi connectivity index (χ4v) is 4.18. The minimum Gasteiger partial charge on any atom is -0.372 e. The number of carbonyl (C=O) groups excluding carboxylic acids is 1. The van der Waals surface area contributed by atoms with Gasteiger partial charge in [0.25, 0.3) is 0 Å². The molecule has 0 bridgehead atoms. The van der Waals surface area contributed by atoms with E-state index in [1.54, 1.807) is 24.3 Å². The molecule has 0 saturated heterocycles. The summed E-state index contributed by atoms with van der Waals surface area (Å²) < 4.78 is 80.6. The van der Waals surface area contributed by atoms with Crippen LogP contribution in [-0.2, 0) is 12.4 Å². The smallest absolute Gasteiger partial charge is 0.372 e. The minimum atomic E-state index is -4.63. The quantitative estimate of drug-likeness (QED) is 0.198. The Hall–Kier alpha value is -3.75. The molecule has 0 aliphatic rings. The zero-order chi connectivity index (χ0) is 26.3. The highest BCUT2D eigenvalue weighted by Gasteiger charge is 2.32. The third-order valence-electron chi connectivity index (χ3n) is 6.11. The van der Waals surface area contributed by atoms with Crippen molar-refractivity contribution in [2.24, 2.45) is 0 Å². The Bertz CT molecular complexity index is 1380. The van der Waals surface area contributed by atoms with Gasteiger partial charge in [0.1, 0.15) is 0 Å². The topological polar surface area (TPSA) is 24.7 Å². The summed E-state index contributed by atoms with van der Waals surface area (Å²) in [5.74, 6) is -0.422. The number of aromatic nitrogens is 1. The van der Waals surface area contributed by atoms with Crippen molar-refractivity contribution in [2.75, 3.05) is 18.0 Å². The van der Waals surface area contributed by atoms with Gasteiger partial charge >= 0.3 is 12.4 Å². The third-order valence-corrected chi connectivity index (χ3v) is 6.11. The SMILES string of the molecule is CCN(CC)c1ccc(C(=O)c2cc(-c3ccc(C(F)(F)F)cc3)c3cc(C(F)(F)F)ccn23)cc1. The standard InChI is InChI=1S/C27H22F6N2O/c1-3-34(4-2)21-11-7-18(8-12-21)25(36)24-16-22(17-5-9-19(10-6-17)26(28,29)30)23-15-20(27(31,32)33)13-14-35(23)24/h5-16H,3-4H2,1-2H3. The van der Waals surface area contributed by atoms with Gasteiger partial charge in [-0.2, -0.15) is 26.3 Å². The molecular weight excluding hydrogens is 482 g/mol. The second kappa shape index (κ2) is 9.37. The number of carbonyl (C=O) groups is 1. The van der Waals surface area contributed by atoms with E-state index in [9.17, 15) is 31.1 Å². The van der Waals surface area contributed by atoms with E-state index in [0.29, 0.717) is 5.56 Å². The van der Waals surface area contributed by atoms with Gasteiger partial charge in [-0.15, -0.1) is 0 Å². The van der Waals surface area contributed by atoms with Gasteiger partial charge in [-0.3, -0.25) is 4.79 Å². The van der Waals surface area contributed by atoms with E-state index in [2.05, 4.69) is 4.90 Å². The number of pyridine rings is 1. The fraction of sp³-hybridized carbons (Fsp3) is 0.222. The highest BCUT2D eigenvalue weighted by atomic mass is 19.4. The fourth-order valence-electron chi connectivity index (χ4n) is 4.18. The van der Waals surface area contributed by atoms with Crippen LogP contribution in [0.2, 0.25) is 0 Å². The number of hydrogen-bond donors (Lipinski definition) is 0. The van der Waals surface area contributed by atoms with E-state index < -0.39 is 29.3 Å². The number of rotatable bonds is 6. The van der Waals surface area contributed by atoms with Crippen molar-refractivity contribution in [3.8, 4) is 11.1 Å². The predicted octanol–water partition coefficient (Wildman–Crippen LogP) is 7.72. The van der Waals surface area contributed by atoms with Crippen LogP contribution in [0.3, 0.4) is 0 Å². The average molecular weight is 504 g/mol. The van der Waals surface area contributed by atoms with Crippen molar-refractivity contribution in [1.82, 2.24) is 4.40 Å². The second-order valence-electron chi connectivity index (χ2n) is 8.24. The van der Waals surface area contributed by atoms with E-state index in [1.165, 1.54) is 22.6 Å². The van der Waals surface area contributed by atoms with Crippen LogP contribution >= 0.6 is 0 Å². The highest BCUT2D eigenvalue weighted by Crippen LogP contribution is 2.36. The third kappa shape index (κ3) is 4.82. The van der Waals surface area contributed by atoms with Crippen LogP contribution in [-0.4, -0.2) is 23.3 Å². The Morgan fingerprint density at radius 3 is 1.89 bits per heavy atom. The molecule has 0 saturated carbocycles. The first-order chi connectivity index (χ1) is 16.9. The van der Waals surface area contributed by atoms with Gasteiger partial charge in [-0.1, -0.05) is 12.1 Å². The Morgan fingerprint density at radius 2 is 1.36 bits per heavy atom. The van der Waals surface area contributed by atoms with E-state index in [-0.39, 0.29) is 22.3 Å². The molecule has 0 unspecified atom stereocenters. The van der Waals surface area contributed by atoms with Crippen molar-refractivity contribution in [1.29, 1.82) is 0 Å². The maximum absolute atomic E-state index is 13.4. The molecule has 9 heteroatoms. The summed E-state index contributed by atoms with van der Waals surface area (Å²) in [5.41, 5.74) is 0.103. The normalized spacial score (nSPS) is 12.2. The molecule has 0 amide bonds. The summed E-state index contributed by atoms with van der Waals surface area (Å²) in [6, 6.07) is 14.2. The van der Waals surface area contributed by atoms with Crippen LogP contribution in [0.1, 0.15) is 41.0 Å². The molecule has 0 N–H and O–H groups in total. The maximum atomic E-state index is 13.4. The summed E-state index contributed by atoms with van der Waals surface area (Å²) >= 11 is 0. The number of fused-ring (bicyclic) bond motifs is 1. The highest BCUT2D eigenvalue weighted by molar-refractivity contribution is 6.10. The van der Waals surface area contributed by atoms with Crippen LogP contribution in [0.25, 0.3) is 16.6 Å². The lowest BCUT2D eigenvalue weighted by Crippen LogP contribution is -2.21. The van der Waals surface area contributed by atoms with E-state index in [4.69, 9.17) is 0 Å². The van der Waals surface area contributed by atoms with E-state index in [1.807, 2.05) is 13.8 Å². The average Bonchev–Trinajstić information content (AvgIpc) is 3.23. The largest absolute Gasteiger partial charge is 0.416 e. The molecule has 4 aromatic rings. The minimum absolute atomic E-state index is 0.0627. The van der Waals surface area contributed by atoms with Gasteiger partial charge in [0, 0.05) is 36.1 Å². The maximum Gasteiger partial charge on any atom is 0.416 e. The number of halogens is 6. The van der Waals surface area contributed by atoms with Crippen LogP contribution < -0.4 is 4.90 Å². The Labute approximate surface area is 203 Å². The molecule has 4 rings (SSSR count). The van der Waals surface area contributed by atoms with Crippen molar-refractivity contribution < 1.29 is 31.1 Å². The van der Waals surface area contributed by atoms with Crippen molar-refractivity contribution in [3.05, 3.63) is 95.3 Å². The van der Waals surface area contributed by atoms with Crippen LogP contribution in [0, 0.1) is 0 Å². The van der Waals surface area contributed by atoms with Gasteiger partial charge < -0.3 is 9.30 Å². The lowest BCUT2D eigenvalue weighted by Gasteiger charge is -2.21. The zero-order valence-electron chi connectivity index (χ0n) is 19.4. The number of ketones is 1. The number of hydrogen-bond acceptors (Lipinski definition) is 2. The summed E-state index contributed by atoms with van der Waals surface area (Å²) in [5, 5.41) is 0. The Kier molecular flexibility index (Phi) is 6.60. The molecule has 0 aliphatic heterocycles. The lowest BCUT2D eigenvalue weighted by molar-refractivity contribution is -0.138.